The van der Waals surface area contributed by atoms with Gasteiger partial charge in [-0.3, -0.25) is 0 Å². The average molecular weight is 424 g/mol. The lowest BCUT2D eigenvalue weighted by atomic mass is 9.96. The zero-order valence-electron chi connectivity index (χ0n) is 17.1. The third kappa shape index (κ3) is 6.19. The van der Waals surface area contributed by atoms with Gasteiger partial charge in [0.15, 0.2) is 6.29 Å². The molecular weight excluding hydrogens is 400 g/mol. The van der Waals surface area contributed by atoms with Gasteiger partial charge in [0.2, 0.25) is 0 Å². The monoisotopic (exact) mass is 424 g/mol. The molecule has 31 heavy (non-hydrogen) atoms. The molecule has 0 saturated carbocycles. The first-order valence-electron chi connectivity index (χ1n) is 9.81. The summed E-state index contributed by atoms with van der Waals surface area (Å²) in [5.74, 6) is 0. The maximum absolute atomic E-state index is 9.15. The van der Waals surface area contributed by atoms with E-state index in [0.717, 1.165) is 11.1 Å². The van der Waals surface area contributed by atoms with Crippen molar-refractivity contribution >= 4 is 0 Å². The quantitative estimate of drug-likeness (QED) is 0.315. The van der Waals surface area contributed by atoms with Crippen molar-refractivity contribution in [1.82, 2.24) is 0 Å². The van der Waals surface area contributed by atoms with Gasteiger partial charge in [-0.25, -0.2) is 0 Å². The second kappa shape index (κ2) is 11.9. The summed E-state index contributed by atoms with van der Waals surface area (Å²) in [7, 11) is 1.50. The van der Waals surface area contributed by atoms with Crippen molar-refractivity contribution in [2.24, 2.45) is 10.2 Å². The molecule has 0 aromatic heterocycles. The van der Waals surface area contributed by atoms with Gasteiger partial charge in [-0.2, -0.15) is 0 Å². The molecule has 0 spiro atoms. The molecule has 2 aromatic carbocycles. The predicted octanol–water partition coefficient (Wildman–Crippen LogP) is 4.52. The molecule has 0 amide bonds. The Kier molecular flexibility index (Phi) is 8.69. The summed E-state index contributed by atoms with van der Waals surface area (Å²) in [4.78, 5) is 5.75. The van der Waals surface area contributed by atoms with Crippen LogP contribution in [0.5, 0.6) is 0 Å². The molecule has 1 heterocycles. The lowest BCUT2D eigenvalue weighted by Gasteiger charge is -2.44. The Balaban J connectivity index is 1.86. The van der Waals surface area contributed by atoms with Crippen LogP contribution < -0.4 is 0 Å². The summed E-state index contributed by atoms with van der Waals surface area (Å²) in [6, 6.07) is 18.5. The molecule has 1 aliphatic rings. The van der Waals surface area contributed by atoms with Crippen molar-refractivity contribution in [1.29, 1.82) is 0 Å². The highest BCUT2D eigenvalue weighted by Crippen LogP contribution is 2.30. The minimum absolute atomic E-state index is 0.0311. The van der Waals surface area contributed by atoms with Gasteiger partial charge in [0, 0.05) is 16.9 Å². The van der Waals surface area contributed by atoms with E-state index in [0.29, 0.717) is 6.61 Å². The van der Waals surface area contributed by atoms with Crippen LogP contribution in [0.3, 0.4) is 0 Å². The molecular formula is C21H24N6O4. The van der Waals surface area contributed by atoms with Gasteiger partial charge < -0.3 is 18.9 Å². The predicted molar refractivity (Wildman–Crippen MR) is 113 cm³/mol. The van der Waals surface area contributed by atoms with E-state index >= 15 is 0 Å². The van der Waals surface area contributed by atoms with Gasteiger partial charge >= 0.3 is 0 Å². The molecule has 1 fully saturated rings. The van der Waals surface area contributed by atoms with Crippen LogP contribution in [0.2, 0.25) is 0 Å². The average Bonchev–Trinajstić information content (AvgIpc) is 2.82. The van der Waals surface area contributed by atoms with Crippen LogP contribution in [0, 0.1) is 0 Å². The highest BCUT2D eigenvalue weighted by Gasteiger charge is 2.47. The van der Waals surface area contributed by atoms with Crippen molar-refractivity contribution < 1.29 is 18.9 Å². The van der Waals surface area contributed by atoms with Gasteiger partial charge in [0.25, 0.3) is 0 Å². The maximum Gasteiger partial charge on any atom is 0.186 e. The summed E-state index contributed by atoms with van der Waals surface area (Å²) >= 11 is 0. The number of azide groups is 2. The summed E-state index contributed by atoms with van der Waals surface area (Å²) in [6.45, 7) is 0.541. The molecule has 0 bridgehead atoms. The third-order valence-electron chi connectivity index (χ3n) is 4.93. The lowest BCUT2D eigenvalue weighted by Crippen LogP contribution is -2.59. The molecule has 5 atom stereocenters. The first-order chi connectivity index (χ1) is 15.3. The first-order valence-corrected chi connectivity index (χ1v) is 9.81. The molecule has 1 aliphatic heterocycles. The van der Waals surface area contributed by atoms with E-state index in [9.17, 15) is 0 Å². The number of benzene rings is 2. The van der Waals surface area contributed by atoms with Crippen LogP contribution in [0.1, 0.15) is 11.1 Å². The van der Waals surface area contributed by atoms with Gasteiger partial charge in [0.1, 0.15) is 12.2 Å². The second-order valence-corrected chi connectivity index (χ2v) is 6.91. The van der Waals surface area contributed by atoms with Gasteiger partial charge in [-0.05, 0) is 22.2 Å². The number of methoxy groups -OCH3 is 1. The number of nitrogens with zero attached hydrogens (tertiary/aromatic N) is 6. The third-order valence-corrected chi connectivity index (χ3v) is 4.93. The Hall–Kier alpha value is -3.10. The molecule has 2 aromatic rings. The van der Waals surface area contributed by atoms with E-state index in [1.165, 1.54) is 7.11 Å². The van der Waals surface area contributed by atoms with E-state index in [4.69, 9.17) is 30.0 Å². The summed E-state index contributed by atoms with van der Waals surface area (Å²) < 4.78 is 23.8. The molecule has 1 saturated heterocycles. The van der Waals surface area contributed by atoms with Crippen LogP contribution in [-0.4, -0.2) is 44.3 Å². The zero-order chi connectivity index (χ0) is 21.9. The Morgan fingerprint density at radius 1 is 0.871 bits per heavy atom. The second-order valence-electron chi connectivity index (χ2n) is 6.91. The fourth-order valence-corrected chi connectivity index (χ4v) is 3.45. The van der Waals surface area contributed by atoms with Gasteiger partial charge in [-0.15, -0.1) is 0 Å². The first kappa shape index (κ1) is 22.6. The minimum Gasteiger partial charge on any atom is -0.370 e. The standard InChI is InChI=1S/C21H24N6O4/c1-28-21-20(30-14-16-10-6-3-7-11-16)19(29-13-15-8-4-2-5-9-15)18(25-27-23)17(31-21)12-24-26-22/h2-11,17-21H,12-14H2,1H3. The summed E-state index contributed by atoms with van der Waals surface area (Å²) in [5, 5.41) is 7.49. The smallest absolute Gasteiger partial charge is 0.186 e. The van der Waals surface area contributed by atoms with E-state index in [1.54, 1.807) is 0 Å². The SMILES string of the molecule is COC1OC(CN=[N+]=[N-])C(N=[N+]=[N-])C(OCc2ccccc2)C1OCc1ccccc1. The normalized spacial score (nSPS) is 25.3. The summed E-state index contributed by atoms with van der Waals surface area (Å²) in [5.41, 5.74) is 19.8. The number of ether oxygens (including phenoxy) is 4. The molecule has 0 radical (unpaired) electrons. The van der Waals surface area contributed by atoms with Crippen molar-refractivity contribution in [2.45, 2.75) is 43.9 Å². The van der Waals surface area contributed by atoms with Gasteiger partial charge in [0.05, 0.1) is 31.9 Å². The molecule has 0 aliphatic carbocycles. The zero-order valence-corrected chi connectivity index (χ0v) is 17.1. The van der Waals surface area contributed by atoms with Crippen molar-refractivity contribution in [3.05, 3.63) is 92.7 Å². The van der Waals surface area contributed by atoms with Crippen LogP contribution in [0.15, 0.2) is 70.9 Å². The van der Waals surface area contributed by atoms with Crippen LogP contribution >= 0.6 is 0 Å². The van der Waals surface area contributed by atoms with E-state index in [-0.39, 0.29) is 13.2 Å². The van der Waals surface area contributed by atoms with E-state index in [2.05, 4.69) is 20.1 Å². The fraction of sp³-hybridized carbons (Fsp3) is 0.429. The van der Waals surface area contributed by atoms with Crippen molar-refractivity contribution in [3.8, 4) is 0 Å². The van der Waals surface area contributed by atoms with E-state index < -0.39 is 30.6 Å². The molecule has 5 unspecified atom stereocenters. The minimum atomic E-state index is -0.798. The van der Waals surface area contributed by atoms with Crippen LogP contribution in [-0.2, 0) is 32.2 Å². The Bertz CT molecular complexity index is 903. The lowest BCUT2D eigenvalue weighted by molar-refractivity contribution is -0.284. The van der Waals surface area contributed by atoms with Gasteiger partial charge in [-0.1, -0.05) is 70.9 Å². The molecule has 0 N–H and O–H groups in total. The Morgan fingerprint density at radius 3 is 1.97 bits per heavy atom. The van der Waals surface area contributed by atoms with E-state index in [1.807, 2.05) is 60.7 Å². The molecule has 162 valence electrons. The highest BCUT2D eigenvalue weighted by atomic mass is 16.7. The molecule has 10 nitrogen and oxygen atoms in total. The number of hydrogen-bond donors (Lipinski definition) is 0. The topological polar surface area (TPSA) is 134 Å². The Labute approximate surface area is 179 Å². The molecule has 10 heteroatoms. The maximum atomic E-state index is 9.15. The molecule has 3 rings (SSSR count). The number of hydrogen-bond acceptors (Lipinski definition) is 6. The van der Waals surface area contributed by atoms with Crippen LogP contribution in [0.25, 0.3) is 20.9 Å². The summed E-state index contributed by atoms with van der Waals surface area (Å²) in [6.07, 6.45) is -2.87. The van der Waals surface area contributed by atoms with Crippen molar-refractivity contribution in [2.75, 3.05) is 13.7 Å². The number of rotatable bonds is 10. The Morgan fingerprint density at radius 2 is 1.45 bits per heavy atom. The fourth-order valence-electron chi connectivity index (χ4n) is 3.45. The van der Waals surface area contributed by atoms with Crippen LogP contribution in [0.4, 0.5) is 0 Å². The largest absolute Gasteiger partial charge is 0.370 e. The highest BCUT2D eigenvalue weighted by molar-refractivity contribution is 5.14. The van der Waals surface area contributed by atoms with Crippen molar-refractivity contribution in [3.63, 3.8) is 0 Å².